The van der Waals surface area contributed by atoms with Gasteiger partial charge in [0.1, 0.15) is 0 Å². The highest BCUT2D eigenvalue weighted by atomic mass is 79.9. The Morgan fingerprint density at radius 2 is 1.90 bits per heavy atom. The Morgan fingerprint density at radius 1 is 1.35 bits per heavy atom. The van der Waals surface area contributed by atoms with Gasteiger partial charge < -0.3 is 0 Å². The number of sulfone groups is 1. The molecule has 0 aliphatic carbocycles. The van der Waals surface area contributed by atoms with Crippen molar-refractivity contribution in [2.75, 3.05) is 0 Å². The van der Waals surface area contributed by atoms with Gasteiger partial charge in [0.05, 0.1) is 14.7 Å². The molecule has 0 radical (unpaired) electrons. The Labute approximate surface area is 121 Å². The van der Waals surface area contributed by atoms with E-state index in [9.17, 15) is 28.6 Å². The molecule has 9 nitrogen and oxygen atoms in total. The lowest BCUT2D eigenvalue weighted by atomic mass is 10.2. The van der Waals surface area contributed by atoms with E-state index < -0.39 is 34.0 Å². The van der Waals surface area contributed by atoms with Crippen molar-refractivity contribution < 1.29 is 18.3 Å². The van der Waals surface area contributed by atoms with Crippen LogP contribution in [0.5, 0.6) is 0 Å². The molecule has 0 fully saturated rings. The summed E-state index contributed by atoms with van der Waals surface area (Å²) < 4.78 is 21.1. The zero-order valence-corrected chi connectivity index (χ0v) is 12.2. The number of nitro groups is 2. The van der Waals surface area contributed by atoms with E-state index in [4.69, 9.17) is 5.26 Å². The number of aryl methyl sites for hydroxylation is 1. The second-order valence-corrected chi connectivity index (χ2v) is 7.38. The van der Waals surface area contributed by atoms with Crippen LogP contribution in [-0.4, -0.2) is 22.0 Å². The zero-order chi connectivity index (χ0) is 15.7. The van der Waals surface area contributed by atoms with Gasteiger partial charge >= 0.3 is 3.78 Å². The molecule has 1 aromatic rings. The minimum atomic E-state index is -4.77. The molecule has 0 saturated carbocycles. The lowest BCUT2D eigenvalue weighted by Crippen LogP contribution is -2.38. The molecular weight excluding hydrogens is 358 g/mol. The second kappa shape index (κ2) is 5.14. The zero-order valence-electron chi connectivity index (χ0n) is 9.81. The van der Waals surface area contributed by atoms with Crippen LogP contribution in [0.15, 0.2) is 23.1 Å². The highest BCUT2D eigenvalue weighted by Gasteiger charge is 2.55. The Hall–Kier alpha value is -2.06. The van der Waals surface area contributed by atoms with E-state index in [0.29, 0.717) is 6.07 Å². The third-order valence-electron chi connectivity index (χ3n) is 2.42. The molecule has 1 atom stereocenters. The first-order valence-electron chi connectivity index (χ1n) is 4.82. The van der Waals surface area contributed by atoms with Crippen LogP contribution in [0.25, 0.3) is 0 Å². The first kappa shape index (κ1) is 16.0. The van der Waals surface area contributed by atoms with Gasteiger partial charge in [0.2, 0.25) is 0 Å². The molecule has 1 rings (SSSR count). The average Bonchev–Trinajstić information content (AvgIpc) is 2.37. The summed E-state index contributed by atoms with van der Waals surface area (Å²) in [7, 11) is -4.77. The molecule has 1 aromatic carbocycles. The fraction of sp³-hybridized carbons (Fsp3) is 0.222. The highest BCUT2D eigenvalue weighted by molar-refractivity contribution is 9.11. The van der Waals surface area contributed by atoms with Crippen LogP contribution in [0.2, 0.25) is 0 Å². The number of nitro benzene ring substituents is 1. The molecule has 0 aliphatic heterocycles. The van der Waals surface area contributed by atoms with Gasteiger partial charge in [-0.3, -0.25) is 20.2 Å². The van der Waals surface area contributed by atoms with Crippen molar-refractivity contribution >= 4 is 31.5 Å². The molecule has 0 saturated heterocycles. The van der Waals surface area contributed by atoms with Gasteiger partial charge in [-0.05, 0) is 13.0 Å². The number of halogens is 1. The second-order valence-electron chi connectivity index (χ2n) is 3.64. The number of alkyl halides is 1. The lowest BCUT2D eigenvalue weighted by molar-refractivity contribution is -0.493. The quantitative estimate of drug-likeness (QED) is 0.341. The van der Waals surface area contributed by atoms with Gasteiger partial charge in [0.25, 0.3) is 15.5 Å². The maximum atomic E-state index is 12.1. The number of nitrogens with zero attached hydrogens (tertiary/aromatic N) is 3. The molecule has 0 amide bonds. The predicted octanol–water partition coefficient (Wildman–Crippen LogP) is 1.53. The van der Waals surface area contributed by atoms with Gasteiger partial charge in [-0.1, -0.05) is 6.07 Å². The number of nitriles is 1. The summed E-state index contributed by atoms with van der Waals surface area (Å²) in [6.45, 7) is 1.38. The monoisotopic (exact) mass is 363 g/mol. The van der Waals surface area contributed by atoms with Crippen LogP contribution >= 0.6 is 15.9 Å². The van der Waals surface area contributed by atoms with E-state index in [-0.39, 0.29) is 5.56 Å². The number of hydrogen-bond donors (Lipinski definition) is 0. The summed E-state index contributed by atoms with van der Waals surface area (Å²) in [5.74, 6) is 0. The van der Waals surface area contributed by atoms with Crippen molar-refractivity contribution in [1.29, 1.82) is 5.26 Å². The van der Waals surface area contributed by atoms with Crippen molar-refractivity contribution in [3.8, 4) is 6.07 Å². The van der Waals surface area contributed by atoms with Crippen molar-refractivity contribution in [1.82, 2.24) is 0 Å². The summed E-state index contributed by atoms with van der Waals surface area (Å²) in [6.07, 6.45) is 0. The van der Waals surface area contributed by atoms with Crippen molar-refractivity contribution in [3.63, 3.8) is 0 Å². The van der Waals surface area contributed by atoms with Crippen LogP contribution in [0.1, 0.15) is 5.56 Å². The number of hydrogen-bond acceptors (Lipinski definition) is 7. The maximum absolute atomic E-state index is 12.1. The molecule has 0 spiro atoms. The molecule has 20 heavy (non-hydrogen) atoms. The minimum absolute atomic E-state index is 0.187. The van der Waals surface area contributed by atoms with E-state index in [2.05, 4.69) is 15.9 Å². The van der Waals surface area contributed by atoms with Crippen molar-refractivity contribution in [2.24, 2.45) is 0 Å². The van der Waals surface area contributed by atoms with Crippen LogP contribution in [0.4, 0.5) is 5.69 Å². The summed E-state index contributed by atoms with van der Waals surface area (Å²) >= 11 is 2.27. The number of benzene rings is 1. The van der Waals surface area contributed by atoms with Gasteiger partial charge in [-0.15, -0.1) is 0 Å². The maximum Gasteiger partial charge on any atom is 0.459 e. The average molecular weight is 364 g/mol. The lowest BCUT2D eigenvalue weighted by Gasteiger charge is -2.12. The van der Waals surface area contributed by atoms with E-state index in [1.165, 1.54) is 6.92 Å². The molecular formula is C9H6BrN3O6S. The van der Waals surface area contributed by atoms with Gasteiger partial charge in [-0.2, -0.15) is 5.26 Å². The topological polar surface area (TPSA) is 144 Å². The summed E-state index contributed by atoms with van der Waals surface area (Å²) in [5, 5.41) is 30.3. The van der Waals surface area contributed by atoms with Crippen LogP contribution in [0, 0.1) is 38.5 Å². The van der Waals surface area contributed by atoms with Crippen LogP contribution in [0.3, 0.4) is 0 Å². The third kappa shape index (κ3) is 2.35. The molecule has 0 aromatic heterocycles. The summed E-state index contributed by atoms with van der Waals surface area (Å²) in [6, 6.07) is 3.82. The first-order valence-corrected chi connectivity index (χ1v) is 7.10. The normalized spacial score (nSPS) is 14.1. The SMILES string of the molecule is Cc1ccc(S(=O)(=O)C(Br)(C#N)[N+](=O)[O-])cc1[N+](=O)[O-]. The van der Waals surface area contributed by atoms with E-state index in [1.54, 1.807) is 0 Å². The van der Waals surface area contributed by atoms with Gasteiger partial charge in [0, 0.05) is 27.6 Å². The fourth-order valence-corrected chi connectivity index (χ4v) is 3.01. The molecule has 106 valence electrons. The third-order valence-corrected chi connectivity index (χ3v) is 5.99. The van der Waals surface area contributed by atoms with Crippen molar-refractivity contribution in [2.45, 2.75) is 15.6 Å². The van der Waals surface area contributed by atoms with Crippen molar-refractivity contribution in [3.05, 3.63) is 44.0 Å². The van der Waals surface area contributed by atoms with Crippen LogP contribution in [-0.2, 0) is 9.84 Å². The minimum Gasteiger partial charge on any atom is -0.261 e. The Kier molecular flexibility index (Phi) is 4.11. The molecule has 0 N–H and O–H groups in total. The smallest absolute Gasteiger partial charge is 0.261 e. The van der Waals surface area contributed by atoms with E-state index in [1.807, 2.05) is 0 Å². The molecule has 0 aliphatic rings. The fourth-order valence-electron chi connectivity index (χ4n) is 1.31. The summed E-state index contributed by atoms with van der Waals surface area (Å²) in [4.78, 5) is 18.7. The van der Waals surface area contributed by atoms with Gasteiger partial charge in [-0.25, -0.2) is 8.42 Å². The Balaban J connectivity index is 3.61. The standard InChI is InChI=1S/C9H6BrN3O6S/c1-6-2-3-7(4-8(6)12(14)15)20(18,19)9(10,5-11)13(16)17/h2-4H,1H3. The highest BCUT2D eigenvalue weighted by Crippen LogP contribution is 2.34. The van der Waals surface area contributed by atoms with Gasteiger partial charge in [0.15, 0.2) is 6.07 Å². The first-order chi connectivity index (χ1) is 9.07. The predicted molar refractivity (Wildman–Crippen MR) is 69.3 cm³/mol. The summed E-state index contributed by atoms with van der Waals surface area (Å²) in [5.41, 5.74) is -0.325. The van der Waals surface area contributed by atoms with E-state index in [0.717, 1.165) is 18.2 Å². The Morgan fingerprint density at radius 3 is 2.30 bits per heavy atom. The van der Waals surface area contributed by atoms with Crippen LogP contribution < -0.4 is 0 Å². The molecule has 1 unspecified atom stereocenters. The number of rotatable bonds is 4. The molecule has 0 bridgehead atoms. The molecule has 0 heterocycles. The molecule has 11 heteroatoms. The van der Waals surface area contributed by atoms with E-state index >= 15 is 0 Å². The largest absolute Gasteiger partial charge is 0.459 e. The Bertz CT molecular complexity index is 741.